The van der Waals surface area contributed by atoms with Crippen LogP contribution in [0.5, 0.6) is 5.75 Å². The smallest absolute Gasteiger partial charge is 0.475 e. The highest BCUT2D eigenvalue weighted by Gasteiger charge is 2.38. The minimum absolute atomic E-state index is 0.0193. The van der Waals surface area contributed by atoms with E-state index in [0.717, 1.165) is 12.0 Å². The predicted octanol–water partition coefficient (Wildman–Crippen LogP) is 3.55. The Balaban J connectivity index is 0.000000516. The first-order chi connectivity index (χ1) is 13.4. The van der Waals surface area contributed by atoms with Gasteiger partial charge in [-0.2, -0.15) is 13.2 Å². The molecular weight excluding hydrogens is 417 g/mol. The summed E-state index contributed by atoms with van der Waals surface area (Å²) < 4.78 is 51.2. The number of nitrogen functional groups attached to an aromatic ring is 1. The number of ether oxygens (including phenoxy) is 1. The number of benzene rings is 1. The van der Waals surface area contributed by atoms with Gasteiger partial charge in [-0.25, -0.2) is 9.59 Å². The van der Waals surface area contributed by atoms with E-state index in [1.165, 1.54) is 6.07 Å². The molecule has 0 bridgehead atoms. The van der Waals surface area contributed by atoms with Crippen molar-refractivity contribution < 1.29 is 41.6 Å². The van der Waals surface area contributed by atoms with E-state index in [1.807, 2.05) is 6.92 Å². The molecule has 0 spiro atoms. The average Bonchev–Trinajstić information content (AvgIpc) is 3.10. The highest BCUT2D eigenvalue weighted by Crippen LogP contribution is 2.18. The van der Waals surface area contributed by atoms with Crippen LogP contribution in [-0.4, -0.2) is 38.9 Å². The number of carboxylic acid groups (broad SMARTS) is 1. The number of hydrogen-bond donors (Lipinski definition) is 4. The Kier molecular flexibility index (Phi) is 8.73. The SMILES string of the molecule is CC(Cc1ccc(C(=O)Oc2ccc(C(=N)N)cc2)o1)SO.O=C(O)C(F)(F)F. The number of amidine groups is 1. The van der Waals surface area contributed by atoms with Gasteiger partial charge in [0.15, 0.2) is 0 Å². The number of aliphatic carboxylic acids is 1. The van der Waals surface area contributed by atoms with Crippen molar-refractivity contribution in [2.75, 3.05) is 0 Å². The highest BCUT2D eigenvalue weighted by atomic mass is 32.2. The first kappa shape index (κ1) is 24.0. The lowest BCUT2D eigenvalue weighted by atomic mass is 10.2. The number of nitrogens with one attached hydrogen (secondary N) is 1. The lowest BCUT2D eigenvalue weighted by molar-refractivity contribution is -0.192. The van der Waals surface area contributed by atoms with E-state index in [1.54, 1.807) is 30.3 Å². The second-order valence-electron chi connectivity index (χ2n) is 5.52. The van der Waals surface area contributed by atoms with Gasteiger partial charge in [-0.1, -0.05) is 6.92 Å². The maximum atomic E-state index is 12.0. The van der Waals surface area contributed by atoms with Crippen LogP contribution in [0.2, 0.25) is 0 Å². The number of carbonyl (C=O) groups excluding carboxylic acids is 1. The van der Waals surface area contributed by atoms with E-state index in [9.17, 15) is 18.0 Å². The van der Waals surface area contributed by atoms with E-state index >= 15 is 0 Å². The summed E-state index contributed by atoms with van der Waals surface area (Å²) in [4.78, 5) is 20.9. The molecule has 2 rings (SSSR count). The van der Waals surface area contributed by atoms with E-state index < -0.39 is 18.1 Å². The van der Waals surface area contributed by atoms with Crippen LogP contribution >= 0.6 is 12.0 Å². The molecule has 29 heavy (non-hydrogen) atoms. The zero-order chi connectivity index (χ0) is 22.2. The summed E-state index contributed by atoms with van der Waals surface area (Å²) in [6, 6.07) is 9.53. The van der Waals surface area contributed by atoms with Crippen molar-refractivity contribution >= 4 is 29.8 Å². The number of carboxylic acids is 1. The number of furan rings is 1. The van der Waals surface area contributed by atoms with Crippen molar-refractivity contribution in [2.45, 2.75) is 24.8 Å². The summed E-state index contributed by atoms with van der Waals surface area (Å²) in [7, 11) is 0. The molecular formula is C17H17F3N2O6S. The third kappa shape index (κ3) is 8.27. The molecule has 0 amide bonds. The fraction of sp³-hybridized carbons (Fsp3) is 0.235. The zero-order valence-electron chi connectivity index (χ0n) is 14.9. The Bertz CT molecular complexity index is 852. The fourth-order valence-electron chi connectivity index (χ4n) is 1.78. The number of alkyl halides is 3. The van der Waals surface area contributed by atoms with Gasteiger partial charge in [0, 0.05) is 17.2 Å². The summed E-state index contributed by atoms with van der Waals surface area (Å²) in [6.45, 7) is 1.85. The first-order valence-corrected chi connectivity index (χ1v) is 8.63. The lowest BCUT2D eigenvalue weighted by Crippen LogP contribution is -2.21. The summed E-state index contributed by atoms with van der Waals surface area (Å²) in [6.07, 6.45) is -4.57. The molecule has 8 nitrogen and oxygen atoms in total. The Morgan fingerprint density at radius 2 is 1.79 bits per heavy atom. The number of nitrogens with two attached hydrogens (primary N) is 1. The third-order valence-corrected chi connectivity index (χ3v) is 3.68. The molecule has 0 aliphatic heterocycles. The summed E-state index contributed by atoms with van der Waals surface area (Å²) in [5.41, 5.74) is 5.90. The van der Waals surface area contributed by atoms with Crippen LogP contribution in [0, 0.1) is 5.41 Å². The van der Waals surface area contributed by atoms with Crippen molar-refractivity contribution in [3.63, 3.8) is 0 Å². The summed E-state index contributed by atoms with van der Waals surface area (Å²) in [5.74, 6) is -2.37. The molecule has 0 saturated carbocycles. The van der Waals surface area contributed by atoms with Crippen molar-refractivity contribution in [3.05, 3.63) is 53.5 Å². The number of esters is 1. The molecule has 0 fully saturated rings. The van der Waals surface area contributed by atoms with Crippen LogP contribution in [-0.2, 0) is 11.2 Å². The topological polar surface area (TPSA) is 147 Å². The standard InChI is InChI=1S/C15H16N2O4S.C2HF3O2/c1-9(22-19)8-12-6-7-13(20-12)15(18)21-11-4-2-10(3-5-11)14(16)17;3-2(4,5)1(6)7/h2-7,9,19H,8H2,1H3,(H3,16,17);(H,6,7). The normalized spacial score (nSPS) is 11.8. The average molecular weight is 434 g/mol. The van der Waals surface area contributed by atoms with Gasteiger partial charge in [-0.05, 0) is 48.4 Å². The maximum absolute atomic E-state index is 12.0. The van der Waals surface area contributed by atoms with Crippen LogP contribution in [0.3, 0.4) is 0 Å². The maximum Gasteiger partial charge on any atom is 0.490 e. The van der Waals surface area contributed by atoms with Gasteiger partial charge in [0.25, 0.3) is 0 Å². The van der Waals surface area contributed by atoms with Crippen molar-refractivity contribution in [3.8, 4) is 5.75 Å². The first-order valence-electron chi connectivity index (χ1n) is 7.79. The number of halogens is 3. The van der Waals surface area contributed by atoms with E-state index in [4.69, 9.17) is 34.8 Å². The molecule has 1 aromatic heterocycles. The summed E-state index contributed by atoms with van der Waals surface area (Å²) in [5, 5.41) is 14.4. The molecule has 1 heterocycles. The van der Waals surface area contributed by atoms with Gasteiger partial charge >= 0.3 is 18.1 Å². The van der Waals surface area contributed by atoms with E-state index in [0.29, 0.717) is 23.5 Å². The Morgan fingerprint density at radius 3 is 2.24 bits per heavy atom. The molecule has 1 atom stereocenters. The van der Waals surface area contributed by atoms with Gasteiger partial charge in [0.1, 0.15) is 17.3 Å². The molecule has 0 radical (unpaired) electrons. The molecule has 0 aliphatic rings. The predicted molar refractivity (Wildman–Crippen MR) is 98.2 cm³/mol. The van der Waals surface area contributed by atoms with Crippen LogP contribution in [0.25, 0.3) is 0 Å². The number of carbonyl (C=O) groups is 2. The molecule has 2 aromatic rings. The van der Waals surface area contributed by atoms with E-state index in [-0.39, 0.29) is 16.8 Å². The zero-order valence-corrected chi connectivity index (χ0v) is 15.7. The minimum Gasteiger partial charge on any atom is -0.475 e. The molecule has 0 aliphatic carbocycles. The van der Waals surface area contributed by atoms with Crippen molar-refractivity contribution in [1.29, 1.82) is 5.41 Å². The molecule has 1 unspecified atom stereocenters. The Hall–Kier alpha value is -2.99. The molecule has 0 saturated heterocycles. The largest absolute Gasteiger partial charge is 0.490 e. The monoisotopic (exact) mass is 434 g/mol. The van der Waals surface area contributed by atoms with Crippen LogP contribution in [0.15, 0.2) is 40.8 Å². The molecule has 158 valence electrons. The third-order valence-electron chi connectivity index (χ3n) is 3.15. The number of rotatable bonds is 6. The number of hydrogen-bond acceptors (Lipinski definition) is 7. The molecule has 12 heteroatoms. The van der Waals surface area contributed by atoms with Crippen molar-refractivity contribution in [2.24, 2.45) is 5.73 Å². The van der Waals surface area contributed by atoms with Gasteiger partial charge in [0.2, 0.25) is 5.76 Å². The second-order valence-corrected chi connectivity index (χ2v) is 6.53. The molecule has 5 N–H and O–H groups in total. The van der Waals surface area contributed by atoms with Gasteiger partial charge in [-0.3, -0.25) is 5.41 Å². The Labute approximate surface area is 167 Å². The molecule has 1 aromatic carbocycles. The highest BCUT2D eigenvalue weighted by molar-refractivity contribution is 7.94. The van der Waals surface area contributed by atoms with Gasteiger partial charge in [-0.15, -0.1) is 0 Å². The van der Waals surface area contributed by atoms with E-state index in [2.05, 4.69) is 0 Å². The van der Waals surface area contributed by atoms with Gasteiger partial charge in [0.05, 0.1) is 0 Å². The van der Waals surface area contributed by atoms with Crippen molar-refractivity contribution in [1.82, 2.24) is 0 Å². The minimum atomic E-state index is -5.08. The lowest BCUT2D eigenvalue weighted by Gasteiger charge is -2.04. The fourth-order valence-corrected chi connectivity index (χ4v) is 2.02. The van der Waals surface area contributed by atoms with Crippen LogP contribution in [0.4, 0.5) is 13.2 Å². The Morgan fingerprint density at radius 1 is 1.24 bits per heavy atom. The van der Waals surface area contributed by atoms with Gasteiger partial charge < -0.3 is 24.5 Å². The van der Waals surface area contributed by atoms with Crippen LogP contribution in [0.1, 0.15) is 28.8 Å². The second kappa shape index (κ2) is 10.5. The quantitative estimate of drug-likeness (QED) is 0.177. The van der Waals surface area contributed by atoms with Crippen LogP contribution < -0.4 is 10.5 Å². The summed E-state index contributed by atoms with van der Waals surface area (Å²) >= 11 is 0.740.